The van der Waals surface area contributed by atoms with Crippen LogP contribution in [-0.4, -0.2) is 18.0 Å². The molecule has 1 fully saturated rings. The molecule has 2 heteroatoms. The largest absolute Gasteiger partial charge is 0.326 e. The Bertz CT molecular complexity index is 316. The molecule has 0 aromatic heterocycles. The summed E-state index contributed by atoms with van der Waals surface area (Å²) in [5, 5.41) is 0. The predicted octanol–water partition coefficient (Wildman–Crippen LogP) is 2.30. The summed E-state index contributed by atoms with van der Waals surface area (Å²) in [5.74, 6) is 0. The van der Waals surface area contributed by atoms with E-state index in [9.17, 15) is 0 Å². The zero-order chi connectivity index (χ0) is 10.7. The second kappa shape index (κ2) is 4.77. The molecule has 1 aromatic carbocycles. The van der Waals surface area contributed by atoms with E-state index in [1.54, 1.807) is 0 Å². The highest BCUT2D eigenvalue weighted by atomic mass is 15.2. The summed E-state index contributed by atoms with van der Waals surface area (Å²) in [5.41, 5.74) is 8.46. The van der Waals surface area contributed by atoms with Gasteiger partial charge in [0.25, 0.3) is 0 Å². The number of hydrogen-bond donors (Lipinski definition) is 1. The van der Waals surface area contributed by atoms with Gasteiger partial charge < -0.3 is 5.73 Å². The molecule has 2 N–H and O–H groups in total. The second-order valence-electron chi connectivity index (χ2n) is 4.32. The van der Waals surface area contributed by atoms with Gasteiger partial charge in [-0.15, -0.1) is 0 Å². The molecule has 0 radical (unpaired) electrons. The molecule has 1 aliphatic heterocycles. The van der Waals surface area contributed by atoms with Crippen LogP contribution in [0.1, 0.15) is 36.9 Å². The van der Waals surface area contributed by atoms with E-state index in [0.29, 0.717) is 12.6 Å². The molecular weight excluding hydrogens is 184 g/mol. The first kappa shape index (κ1) is 10.7. The van der Waals surface area contributed by atoms with Gasteiger partial charge in [0.05, 0.1) is 0 Å². The molecule has 0 spiro atoms. The summed E-state index contributed by atoms with van der Waals surface area (Å²) in [4.78, 5) is 2.55. The average molecular weight is 204 g/mol. The Hall–Kier alpha value is -0.860. The van der Waals surface area contributed by atoms with Gasteiger partial charge in [0.1, 0.15) is 0 Å². The van der Waals surface area contributed by atoms with Crippen molar-refractivity contribution in [3.05, 3.63) is 35.4 Å². The fraction of sp³-hybridized carbons (Fsp3) is 0.538. The van der Waals surface area contributed by atoms with Crippen LogP contribution in [0.2, 0.25) is 0 Å². The first-order valence-electron chi connectivity index (χ1n) is 5.85. The Balaban J connectivity index is 2.19. The van der Waals surface area contributed by atoms with Crippen LogP contribution in [0.5, 0.6) is 0 Å². The van der Waals surface area contributed by atoms with E-state index in [2.05, 4.69) is 36.1 Å². The fourth-order valence-corrected chi connectivity index (χ4v) is 2.45. The third-order valence-corrected chi connectivity index (χ3v) is 3.41. The summed E-state index contributed by atoms with van der Waals surface area (Å²) in [6, 6.07) is 9.06. The topological polar surface area (TPSA) is 29.3 Å². The van der Waals surface area contributed by atoms with Gasteiger partial charge in [-0.3, -0.25) is 4.90 Å². The van der Waals surface area contributed by atoms with Gasteiger partial charge in [-0.2, -0.15) is 0 Å². The Morgan fingerprint density at radius 3 is 2.60 bits per heavy atom. The van der Waals surface area contributed by atoms with Crippen molar-refractivity contribution in [1.29, 1.82) is 0 Å². The summed E-state index contributed by atoms with van der Waals surface area (Å²) >= 11 is 0. The van der Waals surface area contributed by atoms with Crippen LogP contribution >= 0.6 is 0 Å². The quantitative estimate of drug-likeness (QED) is 0.818. The zero-order valence-corrected chi connectivity index (χ0v) is 9.45. The first-order valence-corrected chi connectivity index (χ1v) is 5.85. The summed E-state index contributed by atoms with van der Waals surface area (Å²) in [6.07, 6.45) is 2.68. The third kappa shape index (κ3) is 2.21. The van der Waals surface area contributed by atoms with E-state index in [1.807, 2.05) is 0 Å². The van der Waals surface area contributed by atoms with Gasteiger partial charge in [-0.25, -0.2) is 0 Å². The molecule has 1 atom stereocenters. The van der Waals surface area contributed by atoms with Gasteiger partial charge in [-0.1, -0.05) is 24.3 Å². The molecule has 15 heavy (non-hydrogen) atoms. The van der Waals surface area contributed by atoms with E-state index < -0.39 is 0 Å². The lowest BCUT2D eigenvalue weighted by atomic mass is 10.0. The minimum absolute atomic E-state index is 0.521. The smallest absolute Gasteiger partial charge is 0.0323 e. The zero-order valence-electron chi connectivity index (χ0n) is 9.45. The van der Waals surface area contributed by atoms with Crippen molar-refractivity contribution in [2.24, 2.45) is 5.73 Å². The molecule has 1 aromatic rings. The molecule has 0 bridgehead atoms. The molecule has 0 saturated carbocycles. The number of likely N-dealkylation sites (tertiary alicyclic amines) is 1. The first-order chi connectivity index (χ1) is 7.33. The van der Waals surface area contributed by atoms with E-state index in [0.717, 1.165) is 0 Å². The number of nitrogens with zero attached hydrogens (tertiary/aromatic N) is 1. The molecule has 1 unspecified atom stereocenters. The minimum Gasteiger partial charge on any atom is -0.326 e. The van der Waals surface area contributed by atoms with Crippen molar-refractivity contribution in [2.75, 3.05) is 13.1 Å². The van der Waals surface area contributed by atoms with Crippen LogP contribution in [0.25, 0.3) is 0 Å². The van der Waals surface area contributed by atoms with Gasteiger partial charge in [-0.05, 0) is 44.0 Å². The highest BCUT2D eigenvalue weighted by Gasteiger charge is 2.20. The summed E-state index contributed by atoms with van der Waals surface area (Å²) < 4.78 is 0. The molecule has 1 saturated heterocycles. The van der Waals surface area contributed by atoms with Crippen LogP contribution < -0.4 is 5.73 Å². The lowest BCUT2D eigenvalue weighted by Crippen LogP contribution is -2.24. The Kier molecular flexibility index (Phi) is 3.39. The molecule has 0 amide bonds. The fourth-order valence-electron chi connectivity index (χ4n) is 2.45. The van der Waals surface area contributed by atoms with Crippen LogP contribution in [0.4, 0.5) is 0 Å². The van der Waals surface area contributed by atoms with E-state index in [1.165, 1.54) is 37.1 Å². The molecule has 2 rings (SSSR count). The van der Waals surface area contributed by atoms with E-state index in [4.69, 9.17) is 5.73 Å². The number of nitrogens with two attached hydrogens (primary N) is 1. The maximum absolute atomic E-state index is 5.77. The Morgan fingerprint density at radius 2 is 1.93 bits per heavy atom. The Labute approximate surface area is 92.1 Å². The van der Waals surface area contributed by atoms with Gasteiger partial charge in [0.15, 0.2) is 0 Å². The maximum Gasteiger partial charge on any atom is 0.0323 e. The lowest BCUT2D eigenvalue weighted by molar-refractivity contribution is 0.262. The molecule has 1 aliphatic rings. The Morgan fingerprint density at radius 1 is 1.27 bits per heavy atom. The van der Waals surface area contributed by atoms with Gasteiger partial charge in [0, 0.05) is 12.6 Å². The molecule has 0 aliphatic carbocycles. The van der Waals surface area contributed by atoms with E-state index in [-0.39, 0.29) is 0 Å². The maximum atomic E-state index is 5.77. The highest BCUT2D eigenvalue weighted by molar-refractivity contribution is 5.29. The van der Waals surface area contributed by atoms with Gasteiger partial charge >= 0.3 is 0 Å². The SMILES string of the molecule is CC(c1ccccc1CN)N1CCCC1. The van der Waals surface area contributed by atoms with Crippen molar-refractivity contribution in [1.82, 2.24) is 4.90 Å². The molecule has 2 nitrogen and oxygen atoms in total. The average Bonchev–Trinajstić information content (AvgIpc) is 2.81. The molecular formula is C13H20N2. The van der Waals surface area contributed by atoms with Crippen molar-refractivity contribution in [3.8, 4) is 0 Å². The van der Waals surface area contributed by atoms with Crippen LogP contribution in [0, 0.1) is 0 Å². The molecule has 82 valence electrons. The monoisotopic (exact) mass is 204 g/mol. The van der Waals surface area contributed by atoms with Gasteiger partial charge in [0.2, 0.25) is 0 Å². The van der Waals surface area contributed by atoms with E-state index >= 15 is 0 Å². The molecule has 1 heterocycles. The number of rotatable bonds is 3. The minimum atomic E-state index is 0.521. The van der Waals surface area contributed by atoms with Crippen molar-refractivity contribution >= 4 is 0 Å². The second-order valence-corrected chi connectivity index (χ2v) is 4.32. The lowest BCUT2D eigenvalue weighted by Gasteiger charge is -2.25. The highest BCUT2D eigenvalue weighted by Crippen LogP contribution is 2.26. The summed E-state index contributed by atoms with van der Waals surface area (Å²) in [7, 11) is 0. The van der Waals surface area contributed by atoms with Crippen molar-refractivity contribution in [3.63, 3.8) is 0 Å². The third-order valence-electron chi connectivity index (χ3n) is 3.41. The van der Waals surface area contributed by atoms with Crippen LogP contribution in [0.15, 0.2) is 24.3 Å². The number of hydrogen-bond acceptors (Lipinski definition) is 2. The van der Waals surface area contributed by atoms with Crippen LogP contribution in [0.3, 0.4) is 0 Å². The number of benzene rings is 1. The summed E-state index contributed by atoms with van der Waals surface area (Å²) in [6.45, 7) is 5.41. The normalized spacial score (nSPS) is 19.3. The van der Waals surface area contributed by atoms with Crippen LogP contribution in [-0.2, 0) is 6.54 Å². The van der Waals surface area contributed by atoms with Crippen molar-refractivity contribution < 1.29 is 0 Å². The predicted molar refractivity (Wildman–Crippen MR) is 63.6 cm³/mol. The van der Waals surface area contributed by atoms with Crippen molar-refractivity contribution in [2.45, 2.75) is 32.4 Å². The standard InChI is InChI=1S/C13H20N2/c1-11(15-8-4-5-9-15)13-7-3-2-6-12(13)10-14/h2-3,6-7,11H,4-5,8-10,14H2,1H3.